The van der Waals surface area contributed by atoms with Crippen LogP contribution >= 0.6 is 11.8 Å². The van der Waals surface area contributed by atoms with Crippen LogP contribution in [0.25, 0.3) is 0 Å². The molecule has 2 aliphatic heterocycles. The van der Waals surface area contributed by atoms with Crippen LogP contribution in [-0.4, -0.2) is 62.6 Å². The minimum absolute atomic E-state index is 0.0302. The molecule has 2 N–H and O–H groups in total. The van der Waals surface area contributed by atoms with Gasteiger partial charge < -0.3 is 15.4 Å². The second kappa shape index (κ2) is 7.76. The number of benzene rings is 1. The van der Waals surface area contributed by atoms with Crippen LogP contribution in [0.5, 0.6) is 0 Å². The monoisotopic (exact) mass is 383 g/mol. The van der Waals surface area contributed by atoms with Gasteiger partial charge in [0.2, 0.25) is 5.91 Å². The van der Waals surface area contributed by atoms with Gasteiger partial charge in [0.1, 0.15) is 0 Å². The van der Waals surface area contributed by atoms with Crippen LogP contribution in [-0.2, 0) is 25.8 Å². The van der Waals surface area contributed by atoms with Crippen LogP contribution in [0.15, 0.2) is 29.3 Å². The first-order valence-electron chi connectivity index (χ1n) is 8.02. The fraction of sp³-hybridized carbons (Fsp3) is 0.500. The van der Waals surface area contributed by atoms with E-state index in [0.29, 0.717) is 19.6 Å². The fourth-order valence-electron chi connectivity index (χ4n) is 2.79. The minimum atomic E-state index is -2.93. The van der Waals surface area contributed by atoms with Gasteiger partial charge in [-0.3, -0.25) is 9.79 Å². The van der Waals surface area contributed by atoms with Crippen molar-refractivity contribution >= 4 is 38.4 Å². The van der Waals surface area contributed by atoms with Crippen LogP contribution in [0, 0.1) is 0 Å². The maximum absolute atomic E-state index is 11.8. The highest BCUT2D eigenvalue weighted by molar-refractivity contribution is 8.15. The third-order valence-corrected chi connectivity index (χ3v) is 7.16. The fourth-order valence-corrected chi connectivity index (χ4v) is 6.46. The van der Waals surface area contributed by atoms with Crippen LogP contribution in [0.3, 0.4) is 0 Å². The lowest BCUT2D eigenvalue weighted by atomic mass is 10.1. The molecule has 1 fully saturated rings. The number of hydrogen-bond donors (Lipinski definition) is 2. The highest BCUT2D eigenvalue weighted by Gasteiger charge is 2.42. The summed E-state index contributed by atoms with van der Waals surface area (Å²) in [5, 5.41) is 6.79. The Kier molecular flexibility index (Phi) is 5.65. The average molecular weight is 383 g/mol. The molecule has 1 aromatic rings. The van der Waals surface area contributed by atoms with Gasteiger partial charge in [-0.15, -0.1) is 0 Å². The van der Waals surface area contributed by atoms with E-state index in [1.54, 1.807) is 7.11 Å². The predicted molar refractivity (Wildman–Crippen MR) is 99.9 cm³/mol. The molecule has 0 spiro atoms. The number of amides is 1. The SMILES string of the molecule is COCCNC(=O)Cc1ccc(NC2=NC3CS(=O)(=O)CC3S2)cc1. The number of carbonyl (C=O) groups excluding carboxylic acids is 1. The summed E-state index contributed by atoms with van der Waals surface area (Å²) in [5.41, 5.74) is 1.79. The minimum Gasteiger partial charge on any atom is -0.383 e. The number of ether oxygens (including phenoxy) is 1. The molecule has 136 valence electrons. The molecular weight excluding hydrogens is 362 g/mol. The van der Waals surface area contributed by atoms with E-state index in [2.05, 4.69) is 15.6 Å². The molecule has 2 heterocycles. The molecule has 2 atom stereocenters. The van der Waals surface area contributed by atoms with Gasteiger partial charge in [-0.25, -0.2) is 8.42 Å². The highest BCUT2D eigenvalue weighted by Crippen LogP contribution is 2.34. The van der Waals surface area contributed by atoms with Crippen molar-refractivity contribution in [2.24, 2.45) is 4.99 Å². The van der Waals surface area contributed by atoms with Gasteiger partial charge in [-0.1, -0.05) is 23.9 Å². The van der Waals surface area contributed by atoms with E-state index in [4.69, 9.17) is 4.74 Å². The molecule has 25 heavy (non-hydrogen) atoms. The summed E-state index contributed by atoms with van der Waals surface area (Å²) in [6.45, 7) is 1.00. The van der Waals surface area contributed by atoms with Crippen molar-refractivity contribution in [1.82, 2.24) is 5.32 Å². The number of thioether (sulfide) groups is 1. The Morgan fingerprint density at radius 1 is 1.32 bits per heavy atom. The summed E-state index contributed by atoms with van der Waals surface area (Å²) in [5.74, 6) is 0.309. The Balaban J connectivity index is 1.51. The quantitative estimate of drug-likeness (QED) is 0.701. The first-order chi connectivity index (χ1) is 11.9. The van der Waals surface area contributed by atoms with Crippen molar-refractivity contribution in [3.63, 3.8) is 0 Å². The van der Waals surface area contributed by atoms with Crippen molar-refractivity contribution in [1.29, 1.82) is 0 Å². The predicted octanol–water partition coefficient (Wildman–Crippen LogP) is 0.672. The highest BCUT2D eigenvalue weighted by atomic mass is 32.2. The van der Waals surface area contributed by atoms with Crippen LogP contribution < -0.4 is 10.6 Å². The van der Waals surface area contributed by atoms with E-state index in [-0.39, 0.29) is 28.7 Å². The summed E-state index contributed by atoms with van der Waals surface area (Å²) in [4.78, 5) is 16.2. The molecule has 3 rings (SSSR count). The maximum Gasteiger partial charge on any atom is 0.224 e. The van der Waals surface area contributed by atoms with E-state index in [1.165, 1.54) is 11.8 Å². The number of rotatable bonds is 6. The van der Waals surface area contributed by atoms with Gasteiger partial charge in [0.05, 0.1) is 30.6 Å². The number of amidine groups is 1. The summed E-state index contributed by atoms with van der Waals surface area (Å²) < 4.78 is 28.0. The number of hydrogen-bond acceptors (Lipinski definition) is 7. The zero-order valence-electron chi connectivity index (χ0n) is 13.9. The smallest absolute Gasteiger partial charge is 0.224 e. The van der Waals surface area contributed by atoms with E-state index >= 15 is 0 Å². The Hall–Kier alpha value is -1.58. The second-order valence-electron chi connectivity index (χ2n) is 6.08. The second-order valence-corrected chi connectivity index (χ2v) is 9.46. The van der Waals surface area contributed by atoms with Crippen LogP contribution in [0.1, 0.15) is 5.56 Å². The van der Waals surface area contributed by atoms with Gasteiger partial charge in [0, 0.05) is 24.6 Å². The van der Waals surface area contributed by atoms with Crippen molar-refractivity contribution in [3.05, 3.63) is 29.8 Å². The molecule has 7 nitrogen and oxygen atoms in total. The number of sulfone groups is 1. The Bertz CT molecular complexity index is 762. The van der Waals surface area contributed by atoms with Crippen molar-refractivity contribution in [2.75, 3.05) is 37.1 Å². The summed E-state index contributed by atoms with van der Waals surface area (Å²) >= 11 is 1.49. The molecule has 0 bridgehead atoms. The van der Waals surface area contributed by atoms with Gasteiger partial charge in [-0.05, 0) is 17.7 Å². The molecule has 0 saturated carbocycles. The molecule has 0 aliphatic carbocycles. The third kappa shape index (κ3) is 4.96. The number of aliphatic imine (C=N–C) groups is 1. The standard InChI is InChI=1S/C16H21N3O4S2/c1-23-7-6-17-15(20)8-11-2-4-12(5-3-11)18-16-19-13-9-25(21,22)10-14(13)24-16/h2-5,13-14H,6-10H2,1H3,(H,17,20)(H,18,19). The van der Waals surface area contributed by atoms with Crippen LogP contribution in [0.2, 0.25) is 0 Å². The van der Waals surface area contributed by atoms with E-state index in [0.717, 1.165) is 16.4 Å². The normalized spacial score (nSPS) is 23.8. The largest absolute Gasteiger partial charge is 0.383 e. The number of anilines is 1. The zero-order chi connectivity index (χ0) is 17.9. The van der Waals surface area contributed by atoms with E-state index in [1.807, 2.05) is 24.3 Å². The van der Waals surface area contributed by atoms with E-state index < -0.39 is 9.84 Å². The molecule has 0 radical (unpaired) electrons. The Morgan fingerprint density at radius 3 is 2.76 bits per heavy atom. The Labute approximate surface area is 151 Å². The third-order valence-electron chi connectivity index (χ3n) is 4.02. The van der Waals surface area contributed by atoms with Gasteiger partial charge in [-0.2, -0.15) is 0 Å². The molecule has 0 aromatic heterocycles. The summed E-state index contributed by atoms with van der Waals surface area (Å²) in [7, 11) is -1.33. The first-order valence-corrected chi connectivity index (χ1v) is 10.7. The zero-order valence-corrected chi connectivity index (χ0v) is 15.5. The lowest BCUT2D eigenvalue weighted by Crippen LogP contribution is -2.28. The molecule has 1 saturated heterocycles. The average Bonchev–Trinajstić information content (AvgIpc) is 3.02. The van der Waals surface area contributed by atoms with Crippen molar-refractivity contribution in [3.8, 4) is 0 Å². The van der Waals surface area contributed by atoms with Gasteiger partial charge in [0.25, 0.3) is 0 Å². The first kappa shape index (κ1) is 18.2. The maximum atomic E-state index is 11.8. The summed E-state index contributed by atoms with van der Waals surface area (Å²) in [6, 6.07) is 7.44. The number of nitrogens with one attached hydrogen (secondary N) is 2. The summed E-state index contributed by atoms with van der Waals surface area (Å²) in [6.07, 6.45) is 0.321. The van der Waals surface area contributed by atoms with Crippen molar-refractivity contribution < 1.29 is 17.9 Å². The number of carbonyl (C=O) groups is 1. The molecule has 2 unspecified atom stereocenters. The lowest BCUT2D eigenvalue weighted by molar-refractivity contribution is -0.120. The topological polar surface area (TPSA) is 96.9 Å². The van der Waals surface area contributed by atoms with E-state index in [9.17, 15) is 13.2 Å². The van der Waals surface area contributed by atoms with Crippen molar-refractivity contribution in [2.45, 2.75) is 17.7 Å². The molecular formula is C16H21N3O4S2. The number of fused-ring (bicyclic) bond motifs is 1. The molecule has 1 amide bonds. The molecule has 2 aliphatic rings. The van der Waals surface area contributed by atoms with Gasteiger partial charge in [0.15, 0.2) is 15.0 Å². The number of methoxy groups -OCH3 is 1. The van der Waals surface area contributed by atoms with Gasteiger partial charge >= 0.3 is 0 Å². The molecule has 9 heteroatoms. The number of nitrogens with zero attached hydrogens (tertiary/aromatic N) is 1. The molecule has 1 aromatic carbocycles. The lowest BCUT2D eigenvalue weighted by Gasteiger charge is -2.08. The van der Waals surface area contributed by atoms with Crippen LogP contribution in [0.4, 0.5) is 5.69 Å². The Morgan fingerprint density at radius 2 is 2.08 bits per heavy atom.